The summed E-state index contributed by atoms with van der Waals surface area (Å²) >= 11 is 11.5. The molecule has 0 aliphatic carbocycles. The second kappa shape index (κ2) is 5.99. The number of halogens is 2. The number of rotatable bonds is 3. The Balaban J connectivity index is 2.42. The molecule has 21 heavy (non-hydrogen) atoms. The van der Waals surface area contributed by atoms with Crippen LogP contribution in [-0.4, -0.2) is 11.1 Å². The molecule has 0 unspecified atom stereocenters. The average molecular weight is 325 g/mol. The van der Waals surface area contributed by atoms with E-state index >= 15 is 0 Å². The third-order valence-electron chi connectivity index (χ3n) is 2.60. The molecule has 0 bridgehead atoms. The van der Waals surface area contributed by atoms with Crippen molar-refractivity contribution >= 4 is 46.5 Å². The Morgan fingerprint density at radius 3 is 2.62 bits per heavy atom. The van der Waals surface area contributed by atoms with E-state index in [0.29, 0.717) is 0 Å². The average Bonchev–Trinajstić information content (AvgIpc) is 2.42. The van der Waals surface area contributed by atoms with E-state index in [0.717, 1.165) is 0 Å². The van der Waals surface area contributed by atoms with Crippen LogP contribution in [0.1, 0.15) is 5.56 Å². The van der Waals surface area contributed by atoms with Crippen LogP contribution in [0.4, 0.5) is 17.1 Å². The lowest BCUT2D eigenvalue weighted by Crippen LogP contribution is -1.97. The summed E-state index contributed by atoms with van der Waals surface area (Å²) in [5.41, 5.74) is 6.13. The van der Waals surface area contributed by atoms with Crippen LogP contribution in [-0.2, 0) is 0 Å². The normalized spacial score (nSPS) is 11.0. The number of nitrogens with zero attached hydrogens (tertiary/aromatic N) is 2. The molecule has 0 heterocycles. The fourth-order valence-electron chi connectivity index (χ4n) is 1.57. The van der Waals surface area contributed by atoms with Crippen molar-refractivity contribution in [2.75, 3.05) is 5.73 Å². The molecule has 0 atom stereocenters. The molecule has 2 N–H and O–H groups in total. The fraction of sp³-hybridized carbons (Fsp3) is 0. The van der Waals surface area contributed by atoms with E-state index in [1.807, 2.05) is 0 Å². The first-order valence-electron chi connectivity index (χ1n) is 5.62. The van der Waals surface area contributed by atoms with Crippen LogP contribution >= 0.6 is 23.2 Å². The number of non-ortho nitro benzene ring substituents is 1. The van der Waals surface area contributed by atoms with Gasteiger partial charge in [-0.1, -0.05) is 29.0 Å². The van der Waals surface area contributed by atoms with Crippen molar-refractivity contribution < 1.29 is 10.0 Å². The van der Waals surface area contributed by atoms with Gasteiger partial charge in [0.2, 0.25) is 0 Å². The topological polar surface area (TPSA) is 105 Å². The molecule has 0 aliphatic heterocycles. The summed E-state index contributed by atoms with van der Waals surface area (Å²) < 4.78 is 0. The Morgan fingerprint density at radius 2 is 1.95 bits per heavy atom. The van der Waals surface area contributed by atoms with Crippen LogP contribution in [0, 0.1) is 10.1 Å². The second-order valence-corrected chi connectivity index (χ2v) is 4.91. The molecule has 6 nitrogen and oxygen atoms in total. The summed E-state index contributed by atoms with van der Waals surface area (Å²) in [4.78, 5) is 14.1. The molecule has 8 heteroatoms. The third kappa shape index (κ3) is 3.42. The Morgan fingerprint density at radius 1 is 1.24 bits per heavy atom. The smallest absolute Gasteiger partial charge is 0.271 e. The molecule has 2 aromatic rings. The van der Waals surface area contributed by atoms with E-state index < -0.39 is 10.7 Å². The van der Waals surface area contributed by atoms with Gasteiger partial charge in [-0.05, 0) is 23.8 Å². The Bertz CT molecular complexity index is 748. The molecule has 0 saturated heterocycles. The maximum absolute atomic E-state index is 11.8. The van der Waals surface area contributed by atoms with Gasteiger partial charge in [-0.15, -0.1) is 0 Å². The molecule has 2 rings (SSSR count). The van der Waals surface area contributed by atoms with Gasteiger partial charge in [0.15, 0.2) is 0 Å². The summed E-state index contributed by atoms with van der Waals surface area (Å²) in [6.07, 6.45) is 1.22. The Hall–Kier alpha value is -2.31. The summed E-state index contributed by atoms with van der Waals surface area (Å²) in [5, 5.41) is 22.7. The van der Waals surface area contributed by atoms with Gasteiger partial charge in [-0.2, -0.15) is 0 Å². The van der Waals surface area contributed by atoms with Gasteiger partial charge in [-0.3, -0.25) is 15.1 Å². The number of hydrogen-bond donors (Lipinski definition) is 1. The number of benzene rings is 2. The minimum atomic E-state index is -0.562. The van der Waals surface area contributed by atoms with Crippen LogP contribution in [0.3, 0.4) is 0 Å². The third-order valence-corrected chi connectivity index (χ3v) is 3.10. The number of nitro groups is 1. The van der Waals surface area contributed by atoms with Gasteiger partial charge < -0.3 is 10.8 Å². The molecular formula is C13H8Cl2N3O3-. The van der Waals surface area contributed by atoms with Crippen LogP contribution in [0.15, 0.2) is 35.3 Å². The van der Waals surface area contributed by atoms with Gasteiger partial charge in [-0.25, -0.2) is 0 Å². The van der Waals surface area contributed by atoms with Gasteiger partial charge in [0.05, 0.1) is 16.3 Å². The number of nitrogen functional groups attached to an aromatic ring is 1. The monoisotopic (exact) mass is 324 g/mol. The molecule has 0 fully saturated rings. The maximum Gasteiger partial charge on any atom is 0.271 e. The molecule has 0 aliphatic rings. The highest BCUT2D eigenvalue weighted by atomic mass is 35.5. The van der Waals surface area contributed by atoms with E-state index in [2.05, 4.69) is 4.99 Å². The number of anilines is 1. The first-order valence-corrected chi connectivity index (χ1v) is 6.38. The van der Waals surface area contributed by atoms with Gasteiger partial charge in [0.25, 0.3) is 5.69 Å². The van der Waals surface area contributed by atoms with Crippen molar-refractivity contribution in [2.45, 2.75) is 0 Å². The molecule has 0 saturated carbocycles. The number of nitro benzene ring substituents is 1. The fourth-order valence-corrected chi connectivity index (χ4v) is 2.08. The largest absolute Gasteiger partial charge is 0.871 e. The summed E-state index contributed by atoms with van der Waals surface area (Å²) in [6.45, 7) is 0. The SMILES string of the molecule is Nc1ccc([N+](=O)[O-])cc1N=Cc1cc(Cl)cc(Cl)c1[O-]. The molecule has 0 spiro atoms. The first kappa shape index (κ1) is 15.1. The highest BCUT2D eigenvalue weighted by molar-refractivity contribution is 6.36. The van der Waals surface area contributed by atoms with Crippen molar-refractivity contribution in [1.29, 1.82) is 0 Å². The first-order chi connectivity index (χ1) is 9.88. The minimum Gasteiger partial charge on any atom is -0.871 e. The number of nitrogens with two attached hydrogens (primary N) is 1. The van der Waals surface area contributed by atoms with Crippen molar-refractivity contribution in [1.82, 2.24) is 0 Å². The van der Waals surface area contributed by atoms with Crippen molar-refractivity contribution in [2.24, 2.45) is 4.99 Å². The highest BCUT2D eigenvalue weighted by Crippen LogP contribution is 2.30. The molecule has 0 amide bonds. The van der Waals surface area contributed by atoms with E-state index in [1.54, 1.807) is 0 Å². The van der Waals surface area contributed by atoms with Crippen LogP contribution in [0.2, 0.25) is 10.0 Å². The van der Waals surface area contributed by atoms with E-state index in [4.69, 9.17) is 28.9 Å². The summed E-state index contributed by atoms with van der Waals surface area (Å²) in [6, 6.07) is 6.57. The molecule has 2 aromatic carbocycles. The maximum atomic E-state index is 11.8. The summed E-state index contributed by atoms with van der Waals surface area (Å²) in [5.74, 6) is -0.436. The molecule has 108 valence electrons. The second-order valence-electron chi connectivity index (χ2n) is 4.06. The van der Waals surface area contributed by atoms with Crippen LogP contribution in [0.5, 0.6) is 5.75 Å². The van der Waals surface area contributed by atoms with Crippen molar-refractivity contribution in [3.05, 3.63) is 56.1 Å². The predicted molar refractivity (Wildman–Crippen MR) is 80.7 cm³/mol. The van der Waals surface area contributed by atoms with Gasteiger partial charge >= 0.3 is 0 Å². The van der Waals surface area contributed by atoms with Gasteiger partial charge in [0.1, 0.15) is 0 Å². The zero-order valence-corrected chi connectivity index (χ0v) is 11.9. The lowest BCUT2D eigenvalue weighted by atomic mass is 10.2. The quantitative estimate of drug-likeness (QED) is 0.404. The van der Waals surface area contributed by atoms with Crippen molar-refractivity contribution in [3.8, 4) is 5.75 Å². The van der Waals surface area contributed by atoms with Crippen molar-refractivity contribution in [3.63, 3.8) is 0 Å². The lowest BCUT2D eigenvalue weighted by Gasteiger charge is -2.12. The highest BCUT2D eigenvalue weighted by Gasteiger charge is 2.08. The lowest BCUT2D eigenvalue weighted by molar-refractivity contribution is -0.384. The van der Waals surface area contributed by atoms with Gasteiger partial charge in [0, 0.05) is 28.4 Å². The van der Waals surface area contributed by atoms with E-state index in [-0.39, 0.29) is 32.7 Å². The Labute approximate surface area is 129 Å². The minimum absolute atomic E-state index is 0.0315. The molecular weight excluding hydrogens is 317 g/mol. The van der Waals surface area contributed by atoms with E-state index in [1.165, 1.54) is 36.5 Å². The zero-order valence-electron chi connectivity index (χ0n) is 10.4. The molecule has 0 radical (unpaired) electrons. The van der Waals surface area contributed by atoms with Crippen LogP contribution < -0.4 is 10.8 Å². The summed E-state index contributed by atoms with van der Waals surface area (Å²) in [7, 11) is 0. The van der Waals surface area contributed by atoms with E-state index in [9.17, 15) is 15.2 Å². The predicted octanol–water partition coefficient (Wildman–Crippen LogP) is 3.31. The van der Waals surface area contributed by atoms with Crippen LogP contribution in [0.25, 0.3) is 0 Å². The number of hydrogen-bond acceptors (Lipinski definition) is 5. The number of aliphatic imine (C=N–C) groups is 1. The standard InChI is InChI=1S/C13H9Cl2N3O3/c14-8-3-7(13(19)10(15)4-8)6-17-12-5-9(18(20)21)1-2-11(12)16/h1-6,19H,16H2/p-1. The Kier molecular flexibility index (Phi) is 4.30. The molecule has 0 aromatic heterocycles. The zero-order chi connectivity index (χ0) is 15.6.